The Balaban J connectivity index is 1.55. The number of anilines is 1. The first-order chi connectivity index (χ1) is 14.3. The smallest absolute Gasteiger partial charge is 0.264 e. The van der Waals surface area contributed by atoms with Gasteiger partial charge in [-0.2, -0.15) is 0 Å². The van der Waals surface area contributed by atoms with Crippen LogP contribution in [0.15, 0.2) is 36.7 Å². The molecule has 1 atom stereocenters. The Morgan fingerprint density at radius 1 is 1.27 bits per heavy atom. The van der Waals surface area contributed by atoms with Gasteiger partial charge in [-0.3, -0.25) is 4.79 Å². The van der Waals surface area contributed by atoms with Gasteiger partial charge in [0.25, 0.3) is 5.91 Å². The van der Waals surface area contributed by atoms with Gasteiger partial charge < -0.3 is 10.2 Å². The number of benzene rings is 1. The summed E-state index contributed by atoms with van der Waals surface area (Å²) in [6.07, 6.45) is 2.15. The van der Waals surface area contributed by atoms with Crippen LogP contribution in [0.5, 0.6) is 0 Å². The molecule has 1 unspecified atom stereocenters. The maximum absolute atomic E-state index is 13.1. The standard InChI is InChI=1S/C21H24N4O3S2/c1-14-17-19(22-10-16-8-9-30(27,28)12-16)23-13-24-20(17)29-18(14)21(26)25(2)11-15-6-4-3-5-7-15/h3-7,13,16H,8-12H2,1-2H3,(H,22,23,24). The summed E-state index contributed by atoms with van der Waals surface area (Å²) in [6.45, 7) is 2.98. The van der Waals surface area contributed by atoms with Crippen LogP contribution in [0.2, 0.25) is 0 Å². The Morgan fingerprint density at radius 2 is 2.03 bits per heavy atom. The van der Waals surface area contributed by atoms with Gasteiger partial charge in [0.1, 0.15) is 17.0 Å². The first-order valence-corrected chi connectivity index (χ1v) is 12.5. The molecule has 0 bridgehead atoms. The van der Waals surface area contributed by atoms with Crippen molar-refractivity contribution in [2.75, 3.05) is 30.4 Å². The van der Waals surface area contributed by atoms with Crippen LogP contribution in [0, 0.1) is 12.8 Å². The monoisotopic (exact) mass is 444 g/mol. The van der Waals surface area contributed by atoms with Crippen LogP contribution in [0.25, 0.3) is 10.2 Å². The van der Waals surface area contributed by atoms with Crippen molar-refractivity contribution in [2.24, 2.45) is 5.92 Å². The number of aromatic nitrogens is 2. The van der Waals surface area contributed by atoms with E-state index in [9.17, 15) is 13.2 Å². The van der Waals surface area contributed by atoms with E-state index in [1.165, 1.54) is 17.7 Å². The van der Waals surface area contributed by atoms with Crippen molar-refractivity contribution < 1.29 is 13.2 Å². The quantitative estimate of drug-likeness (QED) is 0.628. The van der Waals surface area contributed by atoms with Gasteiger partial charge in [0, 0.05) is 20.1 Å². The number of carbonyl (C=O) groups excluding carboxylic acids is 1. The predicted octanol–water partition coefficient (Wildman–Crippen LogP) is 3.12. The van der Waals surface area contributed by atoms with Crippen LogP contribution in [0.3, 0.4) is 0 Å². The van der Waals surface area contributed by atoms with Crippen molar-refractivity contribution in [2.45, 2.75) is 19.9 Å². The van der Waals surface area contributed by atoms with Gasteiger partial charge in [-0.05, 0) is 30.4 Å². The minimum absolute atomic E-state index is 0.0489. The predicted molar refractivity (Wildman–Crippen MR) is 120 cm³/mol. The molecule has 1 aliphatic heterocycles. The van der Waals surface area contributed by atoms with Gasteiger partial charge in [0.15, 0.2) is 9.84 Å². The number of sulfone groups is 1. The summed E-state index contributed by atoms with van der Waals surface area (Å²) in [5, 5.41) is 4.13. The van der Waals surface area contributed by atoms with Gasteiger partial charge in [-0.25, -0.2) is 18.4 Å². The van der Waals surface area contributed by atoms with E-state index < -0.39 is 9.84 Å². The number of hydrogen-bond acceptors (Lipinski definition) is 7. The van der Waals surface area contributed by atoms with Gasteiger partial charge in [-0.15, -0.1) is 11.3 Å². The van der Waals surface area contributed by atoms with E-state index in [0.717, 1.165) is 21.3 Å². The number of hydrogen-bond donors (Lipinski definition) is 1. The molecule has 1 aliphatic rings. The van der Waals surface area contributed by atoms with Crippen molar-refractivity contribution in [3.05, 3.63) is 52.7 Å². The second kappa shape index (κ2) is 8.31. The first-order valence-electron chi connectivity index (χ1n) is 9.82. The van der Waals surface area contributed by atoms with E-state index in [0.29, 0.717) is 30.2 Å². The second-order valence-electron chi connectivity index (χ2n) is 7.76. The zero-order valence-corrected chi connectivity index (χ0v) is 18.6. The lowest BCUT2D eigenvalue weighted by molar-refractivity contribution is 0.0789. The highest BCUT2D eigenvalue weighted by Crippen LogP contribution is 2.34. The van der Waals surface area contributed by atoms with Gasteiger partial charge in [0.05, 0.1) is 21.8 Å². The van der Waals surface area contributed by atoms with Crippen LogP contribution in [-0.4, -0.2) is 54.3 Å². The fourth-order valence-corrected chi connectivity index (χ4v) is 6.79. The zero-order chi connectivity index (χ0) is 21.3. The largest absolute Gasteiger partial charge is 0.369 e. The third-order valence-corrected chi connectivity index (χ3v) is 8.44. The summed E-state index contributed by atoms with van der Waals surface area (Å²) in [4.78, 5) is 24.9. The van der Waals surface area contributed by atoms with E-state index in [1.807, 2.05) is 37.3 Å². The molecule has 0 spiro atoms. The molecule has 9 heteroatoms. The highest BCUT2D eigenvalue weighted by atomic mass is 32.2. The van der Waals surface area contributed by atoms with Crippen molar-refractivity contribution >= 4 is 43.1 Å². The van der Waals surface area contributed by atoms with Crippen molar-refractivity contribution in [3.8, 4) is 0 Å². The minimum Gasteiger partial charge on any atom is -0.369 e. The van der Waals surface area contributed by atoms with Crippen molar-refractivity contribution in [3.63, 3.8) is 0 Å². The Kier molecular flexibility index (Phi) is 5.75. The molecule has 1 fully saturated rings. The summed E-state index contributed by atoms with van der Waals surface area (Å²) in [7, 11) is -1.12. The molecular formula is C21H24N4O3S2. The maximum Gasteiger partial charge on any atom is 0.264 e. The molecule has 1 amide bonds. The average Bonchev–Trinajstić information content (AvgIpc) is 3.25. The molecule has 1 saturated heterocycles. The van der Waals surface area contributed by atoms with E-state index in [-0.39, 0.29) is 23.3 Å². The molecule has 0 radical (unpaired) electrons. The molecule has 3 aromatic rings. The number of nitrogens with zero attached hydrogens (tertiary/aromatic N) is 3. The number of carbonyl (C=O) groups is 1. The molecule has 30 heavy (non-hydrogen) atoms. The van der Waals surface area contributed by atoms with Crippen LogP contribution in [0.1, 0.15) is 27.2 Å². The minimum atomic E-state index is -2.91. The Morgan fingerprint density at radius 3 is 2.73 bits per heavy atom. The number of aryl methyl sites for hydroxylation is 1. The Hall–Kier alpha value is -2.52. The fraction of sp³-hybridized carbons (Fsp3) is 0.381. The number of fused-ring (bicyclic) bond motifs is 1. The molecule has 1 aromatic carbocycles. The highest BCUT2D eigenvalue weighted by Gasteiger charge is 2.28. The summed E-state index contributed by atoms with van der Waals surface area (Å²) >= 11 is 1.36. The SMILES string of the molecule is Cc1c(C(=O)N(C)Cc2ccccc2)sc2ncnc(NCC3CCS(=O)(=O)C3)c12. The molecular weight excluding hydrogens is 420 g/mol. The van der Waals surface area contributed by atoms with Crippen LogP contribution in [0.4, 0.5) is 5.82 Å². The molecule has 0 aliphatic carbocycles. The zero-order valence-electron chi connectivity index (χ0n) is 17.0. The van der Waals surface area contributed by atoms with Crippen molar-refractivity contribution in [1.29, 1.82) is 0 Å². The van der Waals surface area contributed by atoms with Crippen LogP contribution >= 0.6 is 11.3 Å². The summed E-state index contributed by atoms with van der Waals surface area (Å²) in [5.74, 6) is 1.15. The molecule has 3 heterocycles. The molecule has 1 N–H and O–H groups in total. The van der Waals surface area contributed by atoms with Crippen molar-refractivity contribution in [1.82, 2.24) is 14.9 Å². The Bertz CT molecular complexity index is 1180. The first kappa shape index (κ1) is 20.7. The molecule has 4 rings (SSSR count). The number of amides is 1. The number of nitrogens with one attached hydrogen (secondary N) is 1. The van der Waals surface area contributed by atoms with E-state index >= 15 is 0 Å². The van der Waals surface area contributed by atoms with Gasteiger partial charge in [-0.1, -0.05) is 30.3 Å². The lowest BCUT2D eigenvalue weighted by atomic mass is 10.1. The normalized spacial score (nSPS) is 17.9. The number of thiophene rings is 1. The topological polar surface area (TPSA) is 92.3 Å². The van der Waals surface area contributed by atoms with Crippen LogP contribution < -0.4 is 5.32 Å². The lowest BCUT2D eigenvalue weighted by Gasteiger charge is -2.17. The third kappa shape index (κ3) is 4.32. The number of rotatable bonds is 6. The molecule has 158 valence electrons. The highest BCUT2D eigenvalue weighted by molar-refractivity contribution is 7.91. The summed E-state index contributed by atoms with van der Waals surface area (Å²) in [5.41, 5.74) is 1.92. The fourth-order valence-electron chi connectivity index (χ4n) is 3.79. The maximum atomic E-state index is 13.1. The van der Waals surface area contributed by atoms with Crippen LogP contribution in [-0.2, 0) is 16.4 Å². The third-order valence-electron chi connectivity index (χ3n) is 5.42. The molecule has 7 nitrogen and oxygen atoms in total. The molecule has 0 saturated carbocycles. The average molecular weight is 445 g/mol. The summed E-state index contributed by atoms with van der Waals surface area (Å²) in [6, 6.07) is 9.87. The second-order valence-corrected chi connectivity index (χ2v) is 11.0. The lowest BCUT2D eigenvalue weighted by Crippen LogP contribution is -2.25. The summed E-state index contributed by atoms with van der Waals surface area (Å²) < 4.78 is 23.4. The van der Waals surface area contributed by atoms with Gasteiger partial charge in [0.2, 0.25) is 0 Å². The van der Waals surface area contributed by atoms with Gasteiger partial charge >= 0.3 is 0 Å². The van der Waals surface area contributed by atoms with E-state index in [4.69, 9.17) is 0 Å². The van der Waals surface area contributed by atoms with E-state index in [1.54, 1.807) is 11.9 Å². The molecule has 2 aromatic heterocycles. The van der Waals surface area contributed by atoms with E-state index in [2.05, 4.69) is 15.3 Å². The Labute approximate surface area is 180 Å².